The maximum Gasteiger partial charge on any atom is 0.123 e. The molecule has 0 aromatic heterocycles. The molecule has 0 aliphatic heterocycles. The Balaban J connectivity index is 2.44. The second-order valence-corrected chi connectivity index (χ2v) is 5.04. The van der Waals surface area contributed by atoms with Gasteiger partial charge in [0.2, 0.25) is 0 Å². The van der Waals surface area contributed by atoms with Crippen LogP contribution in [0.15, 0.2) is 24.3 Å². The van der Waals surface area contributed by atoms with E-state index in [1.54, 1.807) is 7.11 Å². The number of hydrogen-bond donors (Lipinski definition) is 1. The normalized spacial score (nSPS) is 13.0. The molecule has 0 spiro atoms. The van der Waals surface area contributed by atoms with Crippen molar-refractivity contribution in [3.8, 4) is 5.75 Å². The Morgan fingerprint density at radius 1 is 1.26 bits per heavy atom. The van der Waals surface area contributed by atoms with Crippen molar-refractivity contribution in [3.05, 3.63) is 29.8 Å². The highest BCUT2D eigenvalue weighted by Crippen LogP contribution is 2.18. The summed E-state index contributed by atoms with van der Waals surface area (Å²) in [5.41, 5.74) is 1.12. The molecule has 4 heteroatoms. The highest BCUT2D eigenvalue weighted by atomic mass is 16.5. The van der Waals surface area contributed by atoms with Crippen molar-refractivity contribution in [1.29, 1.82) is 0 Å². The van der Waals surface area contributed by atoms with Crippen LogP contribution in [0.5, 0.6) is 5.75 Å². The van der Waals surface area contributed by atoms with Crippen LogP contribution >= 0.6 is 0 Å². The molecule has 1 atom stereocenters. The third kappa shape index (κ3) is 6.05. The van der Waals surface area contributed by atoms with E-state index in [0.717, 1.165) is 17.9 Å². The number of aliphatic hydroxyl groups is 1. The first-order valence-electron chi connectivity index (χ1n) is 6.63. The van der Waals surface area contributed by atoms with Crippen molar-refractivity contribution in [1.82, 2.24) is 4.90 Å². The van der Waals surface area contributed by atoms with Gasteiger partial charge < -0.3 is 14.6 Å². The lowest BCUT2D eigenvalue weighted by atomic mass is 10.2. The number of methoxy groups -OCH3 is 1. The molecule has 0 heterocycles. The second kappa shape index (κ2) is 8.15. The number of para-hydroxylation sites is 1. The van der Waals surface area contributed by atoms with E-state index in [2.05, 4.69) is 4.90 Å². The average molecular weight is 267 g/mol. The van der Waals surface area contributed by atoms with Gasteiger partial charge in [-0.25, -0.2) is 0 Å². The summed E-state index contributed by atoms with van der Waals surface area (Å²) >= 11 is 0. The molecule has 1 aromatic carbocycles. The van der Waals surface area contributed by atoms with Crippen LogP contribution in [0.1, 0.15) is 19.4 Å². The fraction of sp³-hybridized carbons (Fsp3) is 0.600. The van der Waals surface area contributed by atoms with Crippen molar-refractivity contribution < 1.29 is 14.6 Å². The monoisotopic (exact) mass is 267 g/mol. The van der Waals surface area contributed by atoms with Crippen molar-refractivity contribution in [3.63, 3.8) is 0 Å². The third-order valence-corrected chi connectivity index (χ3v) is 2.78. The highest BCUT2D eigenvalue weighted by molar-refractivity contribution is 5.32. The van der Waals surface area contributed by atoms with Crippen LogP contribution in [0.2, 0.25) is 0 Å². The molecular weight excluding hydrogens is 242 g/mol. The molecule has 1 N–H and O–H groups in total. The molecule has 0 amide bonds. The molecule has 0 unspecified atom stereocenters. The fourth-order valence-corrected chi connectivity index (χ4v) is 1.90. The number of nitrogens with zero attached hydrogens (tertiary/aromatic N) is 1. The smallest absolute Gasteiger partial charge is 0.123 e. The van der Waals surface area contributed by atoms with Crippen LogP contribution in [0.4, 0.5) is 0 Å². The zero-order chi connectivity index (χ0) is 14.3. The lowest BCUT2D eigenvalue weighted by Crippen LogP contribution is -2.32. The van der Waals surface area contributed by atoms with Crippen molar-refractivity contribution in [2.24, 2.45) is 0 Å². The van der Waals surface area contributed by atoms with Crippen LogP contribution in [-0.2, 0) is 11.3 Å². The Morgan fingerprint density at radius 3 is 2.58 bits per heavy atom. The first-order chi connectivity index (χ1) is 9.02. The zero-order valence-corrected chi connectivity index (χ0v) is 12.3. The molecule has 0 saturated carbocycles. The molecule has 0 aliphatic carbocycles. The molecule has 0 saturated heterocycles. The Kier molecular flexibility index (Phi) is 6.84. The first-order valence-corrected chi connectivity index (χ1v) is 6.63. The molecule has 0 bridgehead atoms. The first kappa shape index (κ1) is 16.0. The Bertz CT molecular complexity index is 368. The summed E-state index contributed by atoms with van der Waals surface area (Å²) in [6, 6.07) is 7.92. The predicted molar refractivity (Wildman–Crippen MR) is 76.4 cm³/mol. The Hall–Kier alpha value is -1.10. The number of likely N-dealkylation sites (N-methyl/N-ethyl adjacent to an activating group) is 1. The number of ether oxygens (including phenoxy) is 2. The second-order valence-electron chi connectivity index (χ2n) is 5.04. The predicted octanol–water partition coefficient (Wildman–Crippen LogP) is 1.91. The lowest BCUT2D eigenvalue weighted by Gasteiger charge is -2.22. The minimum atomic E-state index is -0.470. The molecule has 19 heavy (non-hydrogen) atoms. The Morgan fingerprint density at radius 2 is 1.95 bits per heavy atom. The van der Waals surface area contributed by atoms with E-state index >= 15 is 0 Å². The quantitative estimate of drug-likeness (QED) is 0.781. The summed E-state index contributed by atoms with van der Waals surface area (Å²) in [5.74, 6) is 0.877. The summed E-state index contributed by atoms with van der Waals surface area (Å²) < 4.78 is 10.7. The van der Waals surface area contributed by atoms with Gasteiger partial charge in [-0.2, -0.15) is 0 Å². The van der Waals surface area contributed by atoms with Gasteiger partial charge in [0.1, 0.15) is 5.75 Å². The molecule has 4 nitrogen and oxygen atoms in total. The van der Waals surface area contributed by atoms with Gasteiger partial charge in [-0.3, -0.25) is 4.90 Å². The van der Waals surface area contributed by atoms with Gasteiger partial charge in [0, 0.05) is 18.7 Å². The zero-order valence-electron chi connectivity index (χ0n) is 12.3. The molecule has 0 radical (unpaired) electrons. The molecule has 1 rings (SSSR count). The van der Waals surface area contributed by atoms with Crippen molar-refractivity contribution >= 4 is 0 Å². The standard InChI is InChI=1S/C15H25NO3/c1-12(2)19-11-14(17)10-16(3)9-13-7-5-6-8-15(13)18-4/h5-8,12,14,17H,9-11H2,1-4H3/t14-/m1/s1. The van der Waals surface area contributed by atoms with Crippen molar-refractivity contribution in [2.45, 2.75) is 32.6 Å². The average Bonchev–Trinajstić information content (AvgIpc) is 2.37. The van der Waals surface area contributed by atoms with Gasteiger partial charge in [0.05, 0.1) is 25.9 Å². The fourth-order valence-electron chi connectivity index (χ4n) is 1.90. The summed E-state index contributed by atoms with van der Waals surface area (Å²) in [7, 11) is 3.65. The number of aliphatic hydroxyl groups excluding tert-OH is 1. The Labute approximate surface area is 115 Å². The number of hydrogen-bond acceptors (Lipinski definition) is 4. The molecular formula is C15H25NO3. The van der Waals surface area contributed by atoms with E-state index in [0.29, 0.717) is 13.2 Å². The largest absolute Gasteiger partial charge is 0.496 e. The number of benzene rings is 1. The minimum absolute atomic E-state index is 0.147. The minimum Gasteiger partial charge on any atom is -0.496 e. The molecule has 1 aromatic rings. The van der Waals surface area contributed by atoms with Gasteiger partial charge in [-0.15, -0.1) is 0 Å². The maximum absolute atomic E-state index is 9.88. The topological polar surface area (TPSA) is 41.9 Å². The van der Waals surface area contributed by atoms with E-state index in [1.807, 2.05) is 45.2 Å². The van der Waals surface area contributed by atoms with Gasteiger partial charge in [-0.1, -0.05) is 18.2 Å². The van der Waals surface area contributed by atoms with Crippen LogP contribution in [0.3, 0.4) is 0 Å². The van der Waals surface area contributed by atoms with Gasteiger partial charge >= 0.3 is 0 Å². The van der Waals surface area contributed by atoms with E-state index < -0.39 is 6.10 Å². The molecule has 108 valence electrons. The maximum atomic E-state index is 9.88. The molecule has 0 fully saturated rings. The number of rotatable bonds is 8. The third-order valence-electron chi connectivity index (χ3n) is 2.78. The van der Waals surface area contributed by atoms with E-state index in [1.165, 1.54) is 0 Å². The van der Waals surface area contributed by atoms with Crippen LogP contribution in [-0.4, -0.2) is 49.5 Å². The van der Waals surface area contributed by atoms with Gasteiger partial charge in [0.25, 0.3) is 0 Å². The summed E-state index contributed by atoms with van der Waals surface area (Å²) in [6.07, 6.45) is -0.323. The van der Waals surface area contributed by atoms with Gasteiger partial charge in [0.15, 0.2) is 0 Å². The van der Waals surface area contributed by atoms with Gasteiger partial charge in [-0.05, 0) is 27.0 Å². The highest BCUT2D eigenvalue weighted by Gasteiger charge is 2.11. The molecule has 0 aliphatic rings. The SMILES string of the molecule is COc1ccccc1CN(C)C[C@@H](O)COC(C)C. The van der Waals surface area contributed by atoms with E-state index in [4.69, 9.17) is 9.47 Å². The summed E-state index contributed by atoms with van der Waals surface area (Å²) in [4.78, 5) is 2.06. The van der Waals surface area contributed by atoms with E-state index in [9.17, 15) is 5.11 Å². The summed E-state index contributed by atoms with van der Waals surface area (Å²) in [5, 5.41) is 9.88. The van der Waals surface area contributed by atoms with E-state index in [-0.39, 0.29) is 6.10 Å². The summed E-state index contributed by atoms with van der Waals surface area (Å²) in [6.45, 7) is 5.61. The van der Waals surface area contributed by atoms with Crippen LogP contribution < -0.4 is 4.74 Å². The van der Waals surface area contributed by atoms with Crippen LogP contribution in [0.25, 0.3) is 0 Å². The van der Waals surface area contributed by atoms with Crippen LogP contribution in [0, 0.1) is 0 Å². The lowest BCUT2D eigenvalue weighted by molar-refractivity contribution is -0.00640. The van der Waals surface area contributed by atoms with Crippen molar-refractivity contribution in [2.75, 3.05) is 27.3 Å².